The van der Waals surface area contributed by atoms with Crippen LogP contribution in [0.1, 0.15) is 104 Å². The third-order valence-corrected chi connectivity index (χ3v) is 15.2. The summed E-state index contributed by atoms with van der Waals surface area (Å²) < 4.78 is 31.6. The molecule has 2 saturated heterocycles. The van der Waals surface area contributed by atoms with Crippen molar-refractivity contribution in [2.24, 2.45) is 4.99 Å². The second kappa shape index (κ2) is 17.1. The number of fused-ring (bicyclic) bond motifs is 4. The summed E-state index contributed by atoms with van der Waals surface area (Å²) in [6.45, 7) is 13.9. The number of aromatic nitrogens is 3. The van der Waals surface area contributed by atoms with Crippen LogP contribution in [0.2, 0.25) is 0 Å². The lowest BCUT2D eigenvalue weighted by atomic mass is 9.87. The molecule has 2 aromatic heterocycles. The number of nitrogens with zero attached hydrogens (tertiary/aromatic N) is 7. The van der Waals surface area contributed by atoms with Crippen LogP contribution in [-0.2, 0) is 6.42 Å². The van der Waals surface area contributed by atoms with E-state index in [1.807, 2.05) is 13.0 Å². The number of piperazine rings is 1. The van der Waals surface area contributed by atoms with Gasteiger partial charge in [0.05, 0.1) is 16.9 Å². The number of β-amino-alcohol motifs (C(OH)–C–C–N with tert-alkyl or cyclic N) is 1. The van der Waals surface area contributed by atoms with Crippen molar-refractivity contribution < 1.29 is 23.8 Å². The molecule has 13 heteroatoms. The smallest absolute Gasteiger partial charge is 0.335 e. The number of halogens is 2. The maximum absolute atomic E-state index is 15.4. The Morgan fingerprint density at radius 3 is 2.14 bits per heavy atom. The van der Waals surface area contributed by atoms with Gasteiger partial charge in [-0.2, -0.15) is 0 Å². The second-order valence-corrected chi connectivity index (χ2v) is 19.3. The van der Waals surface area contributed by atoms with Crippen molar-refractivity contribution in [3.05, 3.63) is 158 Å². The van der Waals surface area contributed by atoms with Gasteiger partial charge in [-0.25, -0.2) is 13.6 Å². The van der Waals surface area contributed by atoms with E-state index in [2.05, 4.69) is 98.8 Å². The third kappa shape index (κ3) is 8.08. The van der Waals surface area contributed by atoms with Crippen molar-refractivity contribution in [2.75, 3.05) is 55.6 Å². The monoisotopic (exact) mass is 893 g/mol. The first-order valence-electron chi connectivity index (χ1n) is 22.7. The third-order valence-electron chi connectivity index (χ3n) is 14.0. The minimum Gasteiger partial charge on any atom is -0.478 e. The van der Waals surface area contributed by atoms with Crippen LogP contribution in [0.25, 0.3) is 16.1 Å². The lowest BCUT2D eigenvalue weighted by Crippen LogP contribution is -2.55. The predicted molar refractivity (Wildman–Crippen MR) is 254 cm³/mol. The zero-order valence-electron chi connectivity index (χ0n) is 37.2. The molecule has 334 valence electrons. The number of aliphatic hydroxyl groups is 1. The number of rotatable bonds is 8. The second-order valence-electron chi connectivity index (χ2n) is 18.1. The van der Waals surface area contributed by atoms with Crippen LogP contribution in [0.4, 0.5) is 20.2 Å². The van der Waals surface area contributed by atoms with Gasteiger partial charge in [-0.3, -0.25) is 14.5 Å². The van der Waals surface area contributed by atoms with Gasteiger partial charge < -0.3 is 20.0 Å². The summed E-state index contributed by atoms with van der Waals surface area (Å²) in [6.07, 6.45) is 3.30. The standard InChI is InChI=1S/C52H53F2N7O3S/c1-31-33(3)65-50-46(31)48(55-32(2)49-57-56-34(4)61(49)50)36-10-16-40(17-11-36)59-22-20-52(64,21-23-59)30-58-24-26-60(27-25-58)41-14-8-35(9-15-41)47-42-18-12-38(51(62)63)28-37(42)6-5-7-44(47)43-19-13-39(53)29-45(43)54/h8-19,28-29,32,64H,5-7,20-27,30H2,1-4H3,(H,62,63)/t32-/m0/s1. The minimum atomic E-state index is -0.989. The fourth-order valence-electron chi connectivity index (χ4n) is 10.3. The quantitative estimate of drug-likeness (QED) is 0.156. The van der Waals surface area contributed by atoms with Crippen molar-refractivity contribution in [3.63, 3.8) is 0 Å². The number of carboxylic acid groups (broad SMARTS) is 1. The van der Waals surface area contributed by atoms with Gasteiger partial charge in [-0.05, 0) is 142 Å². The molecule has 0 amide bonds. The molecule has 4 aliphatic rings. The van der Waals surface area contributed by atoms with Crippen molar-refractivity contribution >= 4 is 45.5 Å². The summed E-state index contributed by atoms with van der Waals surface area (Å²) in [6, 6.07) is 25.8. The van der Waals surface area contributed by atoms with Crippen LogP contribution >= 0.6 is 11.3 Å². The van der Waals surface area contributed by atoms with Gasteiger partial charge >= 0.3 is 5.97 Å². The van der Waals surface area contributed by atoms with E-state index in [0.717, 1.165) is 118 Å². The van der Waals surface area contributed by atoms with E-state index in [0.29, 0.717) is 44.2 Å². The highest BCUT2D eigenvalue weighted by atomic mass is 32.1. The summed E-state index contributed by atoms with van der Waals surface area (Å²) in [7, 11) is 0. The molecule has 1 atom stereocenters. The highest BCUT2D eigenvalue weighted by Gasteiger charge is 2.36. The van der Waals surface area contributed by atoms with Crippen LogP contribution in [0, 0.1) is 32.4 Å². The van der Waals surface area contributed by atoms with E-state index in [1.165, 1.54) is 22.6 Å². The molecule has 1 aliphatic carbocycles. The Balaban J connectivity index is 0.786. The highest BCUT2D eigenvalue weighted by Crippen LogP contribution is 2.42. The molecular weight excluding hydrogens is 841 g/mol. The zero-order chi connectivity index (χ0) is 45.1. The number of aryl methyl sites for hydroxylation is 3. The number of benzene rings is 4. The van der Waals surface area contributed by atoms with Gasteiger partial charge in [-0.1, -0.05) is 30.3 Å². The van der Waals surface area contributed by atoms with Crippen LogP contribution in [0.5, 0.6) is 0 Å². The summed E-state index contributed by atoms with van der Waals surface area (Å²) in [4.78, 5) is 25.5. The Morgan fingerprint density at radius 1 is 0.800 bits per heavy atom. The summed E-state index contributed by atoms with van der Waals surface area (Å²) in [5.74, 6) is -0.494. The Bertz CT molecular complexity index is 2870. The minimum absolute atomic E-state index is 0.133. The maximum atomic E-state index is 15.4. The topological polar surface area (TPSA) is 110 Å². The van der Waals surface area contributed by atoms with Crippen LogP contribution in [0.15, 0.2) is 89.9 Å². The van der Waals surface area contributed by atoms with Crippen LogP contribution in [-0.4, -0.2) is 93.0 Å². The lowest BCUT2D eigenvalue weighted by Gasteiger charge is -2.44. The van der Waals surface area contributed by atoms with E-state index in [4.69, 9.17) is 4.99 Å². The Labute approximate surface area is 382 Å². The molecule has 0 saturated carbocycles. The van der Waals surface area contributed by atoms with E-state index >= 15 is 4.39 Å². The average molecular weight is 894 g/mol. The SMILES string of the molecule is Cc1sc2c(c1C)C(c1ccc(N3CCC(O)(CN4CCN(c5ccc(C6=C(c7ccc(F)cc7F)CCCc7cc(C(=O)O)ccc76)cc5)CC4)CC3)cc1)=N[C@@H](C)c1nnc(C)n1-2. The first-order chi connectivity index (χ1) is 31.3. The molecule has 2 fully saturated rings. The number of allylic oxidation sites excluding steroid dienone is 1. The molecule has 0 radical (unpaired) electrons. The molecule has 65 heavy (non-hydrogen) atoms. The average Bonchev–Trinajstić information content (AvgIpc) is 3.70. The van der Waals surface area contributed by atoms with Gasteiger partial charge in [0, 0.05) is 84.8 Å². The van der Waals surface area contributed by atoms with E-state index in [1.54, 1.807) is 23.5 Å². The molecule has 2 N–H and O–H groups in total. The van der Waals surface area contributed by atoms with Crippen LogP contribution < -0.4 is 9.80 Å². The summed E-state index contributed by atoms with van der Waals surface area (Å²) >= 11 is 1.77. The molecular formula is C52H53F2N7O3S. The normalized spacial score (nSPS) is 18.7. The molecule has 10 nitrogen and oxygen atoms in total. The molecule has 10 rings (SSSR count). The number of thiophene rings is 1. The van der Waals surface area contributed by atoms with Crippen molar-refractivity contribution in [2.45, 2.75) is 71.4 Å². The number of piperidine rings is 1. The molecule has 3 aliphatic heterocycles. The molecule has 0 unspecified atom stereocenters. The van der Waals surface area contributed by atoms with Crippen molar-refractivity contribution in [1.29, 1.82) is 0 Å². The van der Waals surface area contributed by atoms with E-state index in [-0.39, 0.29) is 11.6 Å². The van der Waals surface area contributed by atoms with Gasteiger partial charge in [0.15, 0.2) is 5.82 Å². The highest BCUT2D eigenvalue weighted by molar-refractivity contribution is 7.15. The largest absolute Gasteiger partial charge is 0.478 e. The number of anilines is 2. The van der Waals surface area contributed by atoms with Gasteiger partial charge in [-0.15, -0.1) is 21.5 Å². The molecule has 4 aromatic carbocycles. The number of hydrogen-bond acceptors (Lipinski definition) is 9. The van der Waals surface area contributed by atoms with Crippen molar-refractivity contribution in [1.82, 2.24) is 19.7 Å². The fraction of sp³-hybridized carbons (Fsp3) is 0.346. The van der Waals surface area contributed by atoms with Gasteiger partial charge in [0.1, 0.15) is 28.5 Å². The number of aliphatic imine (C=N–C) groups is 1. The van der Waals surface area contributed by atoms with Gasteiger partial charge in [0.25, 0.3) is 0 Å². The number of hydrogen-bond donors (Lipinski definition) is 2. The number of aromatic carboxylic acids is 1. The first-order valence-corrected chi connectivity index (χ1v) is 23.5. The fourth-order valence-corrected chi connectivity index (χ4v) is 11.5. The van der Waals surface area contributed by atoms with Gasteiger partial charge in [0.2, 0.25) is 0 Å². The Morgan fingerprint density at radius 2 is 1.46 bits per heavy atom. The number of carbonyl (C=O) groups is 1. The van der Waals surface area contributed by atoms with Crippen LogP contribution in [0.3, 0.4) is 0 Å². The van der Waals surface area contributed by atoms with Crippen molar-refractivity contribution in [3.8, 4) is 5.00 Å². The predicted octanol–water partition coefficient (Wildman–Crippen LogP) is 9.59. The number of carboxylic acids is 1. The zero-order valence-corrected chi connectivity index (χ0v) is 38.1. The molecule has 0 bridgehead atoms. The molecule has 0 spiro atoms. The Hall–Kier alpha value is -6.02. The molecule has 5 heterocycles. The first kappa shape index (κ1) is 42.9. The van der Waals surface area contributed by atoms with E-state index < -0.39 is 23.2 Å². The maximum Gasteiger partial charge on any atom is 0.335 e. The molecule has 6 aromatic rings. The summed E-state index contributed by atoms with van der Waals surface area (Å²) in [5.41, 5.74) is 10.8. The van der Waals surface area contributed by atoms with E-state index in [9.17, 15) is 19.4 Å². The summed E-state index contributed by atoms with van der Waals surface area (Å²) in [5, 5.41) is 31.6. The lowest BCUT2D eigenvalue weighted by molar-refractivity contribution is -0.0173. The Kier molecular flexibility index (Phi) is 11.3.